The number of hydrogen-bond donors (Lipinski definition) is 0. The van der Waals surface area contributed by atoms with E-state index in [0.29, 0.717) is 21.9 Å². The highest BCUT2D eigenvalue weighted by Gasteiger charge is 2.52. The van der Waals surface area contributed by atoms with Gasteiger partial charge in [-0.2, -0.15) is 0 Å². The molecule has 7 aromatic carbocycles. The van der Waals surface area contributed by atoms with E-state index in [1.54, 1.807) is 0 Å². The molecule has 2 aliphatic rings. The van der Waals surface area contributed by atoms with E-state index in [1.165, 1.54) is 27.8 Å². The van der Waals surface area contributed by atoms with Crippen LogP contribution in [-0.4, -0.2) is 0 Å². The van der Waals surface area contributed by atoms with Gasteiger partial charge < -0.3 is 9.32 Å². The zero-order chi connectivity index (χ0) is 31.1. The summed E-state index contributed by atoms with van der Waals surface area (Å²) in [5.41, 5.74) is 13.4. The van der Waals surface area contributed by atoms with Crippen molar-refractivity contribution in [3.63, 3.8) is 0 Å². The third kappa shape index (κ3) is 3.43. The monoisotopic (exact) mass is 601 g/mol. The minimum absolute atomic E-state index is 0.000969. The molecule has 0 bridgehead atoms. The van der Waals surface area contributed by atoms with E-state index in [-0.39, 0.29) is 5.43 Å². The van der Waals surface area contributed by atoms with E-state index >= 15 is 0 Å². The minimum atomic E-state index is -0.592. The average Bonchev–Trinajstić information content (AvgIpc) is 3.59. The third-order valence-electron chi connectivity index (χ3n) is 10.1. The summed E-state index contributed by atoms with van der Waals surface area (Å²) in [6.45, 7) is 0. The Kier molecular flexibility index (Phi) is 5.35. The van der Waals surface area contributed by atoms with Crippen LogP contribution >= 0.6 is 0 Å². The molecule has 0 fully saturated rings. The molecule has 1 spiro atoms. The minimum Gasteiger partial charge on any atom is -0.456 e. The maximum absolute atomic E-state index is 13.8. The second kappa shape index (κ2) is 9.65. The van der Waals surface area contributed by atoms with Gasteiger partial charge >= 0.3 is 0 Å². The zero-order valence-electron chi connectivity index (χ0n) is 25.4. The molecule has 0 aliphatic heterocycles. The maximum atomic E-state index is 13.8. The first kappa shape index (κ1) is 26.1. The van der Waals surface area contributed by atoms with Gasteiger partial charge in [0.25, 0.3) is 0 Å². The summed E-state index contributed by atoms with van der Waals surface area (Å²) in [6, 6.07) is 57.1. The molecule has 0 radical (unpaired) electrons. The summed E-state index contributed by atoms with van der Waals surface area (Å²) >= 11 is 0. The Morgan fingerprint density at radius 3 is 1.79 bits per heavy atom. The standard InChI is InChI=1S/C44H27NO2/c46-43-32-20-9-12-25-40(32)47-41-27-38-33(26-34(41)43)30-18-7-10-21-35(30)44(38)36-22-11-8-19-31(36)42-37(44)23-13-24-39(42)45(28-14-3-1-4-15-28)29-16-5-2-6-17-29/h1-27H. The summed E-state index contributed by atoms with van der Waals surface area (Å²) in [7, 11) is 0. The first-order valence-electron chi connectivity index (χ1n) is 16.0. The van der Waals surface area contributed by atoms with E-state index in [1.807, 2.05) is 24.3 Å². The summed E-state index contributed by atoms with van der Waals surface area (Å²) in [5, 5.41) is 1.21. The Balaban J connectivity index is 1.34. The van der Waals surface area contributed by atoms with Crippen molar-refractivity contribution in [3.8, 4) is 22.3 Å². The predicted octanol–water partition coefficient (Wildman–Crippen LogP) is 10.8. The van der Waals surface area contributed by atoms with Crippen LogP contribution in [-0.2, 0) is 5.41 Å². The molecule has 8 aromatic rings. The Morgan fingerprint density at radius 1 is 0.447 bits per heavy atom. The van der Waals surface area contributed by atoms with Crippen molar-refractivity contribution in [2.24, 2.45) is 0 Å². The van der Waals surface area contributed by atoms with Crippen LogP contribution in [0.3, 0.4) is 0 Å². The SMILES string of the molecule is O=c1c2ccccc2oc2cc3c(cc12)-c1ccccc1C31c2ccccc2-c2c(N(c3ccccc3)c3ccccc3)cccc21. The Labute approximate surface area is 271 Å². The molecule has 1 atom stereocenters. The van der Waals surface area contributed by atoms with Gasteiger partial charge in [-0.3, -0.25) is 4.79 Å². The number of benzene rings is 7. The molecule has 0 amide bonds. The van der Waals surface area contributed by atoms with Crippen LogP contribution in [0.4, 0.5) is 17.1 Å². The van der Waals surface area contributed by atoms with Gasteiger partial charge in [-0.1, -0.05) is 109 Å². The molecule has 3 nitrogen and oxygen atoms in total. The molecular formula is C44H27NO2. The van der Waals surface area contributed by atoms with Gasteiger partial charge in [0, 0.05) is 16.9 Å². The highest BCUT2D eigenvalue weighted by atomic mass is 16.3. The van der Waals surface area contributed by atoms with Crippen LogP contribution in [0.15, 0.2) is 173 Å². The summed E-state index contributed by atoms with van der Waals surface area (Å²) in [5.74, 6) is 0. The highest BCUT2D eigenvalue weighted by molar-refractivity contribution is 6.03. The second-order valence-corrected chi connectivity index (χ2v) is 12.4. The molecule has 220 valence electrons. The van der Waals surface area contributed by atoms with Crippen molar-refractivity contribution in [1.82, 2.24) is 0 Å². The largest absolute Gasteiger partial charge is 0.456 e. The fourth-order valence-electron chi connectivity index (χ4n) is 8.23. The number of hydrogen-bond acceptors (Lipinski definition) is 3. The fraction of sp³-hybridized carbons (Fsp3) is 0.0227. The first-order valence-corrected chi connectivity index (χ1v) is 16.0. The molecule has 0 N–H and O–H groups in total. The van der Waals surface area contributed by atoms with E-state index < -0.39 is 5.41 Å². The Morgan fingerprint density at radius 2 is 1.04 bits per heavy atom. The molecular weight excluding hydrogens is 574 g/mol. The summed E-state index contributed by atoms with van der Waals surface area (Å²) < 4.78 is 6.50. The number of rotatable bonds is 3. The molecule has 3 heteroatoms. The van der Waals surface area contributed by atoms with Crippen LogP contribution in [0.2, 0.25) is 0 Å². The van der Waals surface area contributed by atoms with Crippen molar-refractivity contribution in [2.45, 2.75) is 5.41 Å². The number of nitrogens with zero attached hydrogens (tertiary/aromatic N) is 1. The number of fused-ring (bicyclic) bond motifs is 12. The van der Waals surface area contributed by atoms with E-state index in [4.69, 9.17) is 4.42 Å². The quantitative estimate of drug-likeness (QED) is 0.189. The van der Waals surface area contributed by atoms with Gasteiger partial charge in [0.2, 0.25) is 5.43 Å². The van der Waals surface area contributed by atoms with Gasteiger partial charge in [0.1, 0.15) is 11.2 Å². The van der Waals surface area contributed by atoms with Crippen molar-refractivity contribution >= 4 is 39.0 Å². The topological polar surface area (TPSA) is 33.5 Å². The lowest BCUT2D eigenvalue weighted by Gasteiger charge is -2.31. The summed E-state index contributed by atoms with van der Waals surface area (Å²) in [6.07, 6.45) is 0. The van der Waals surface area contributed by atoms with Crippen molar-refractivity contribution in [1.29, 1.82) is 0 Å². The molecule has 0 saturated carbocycles. The molecule has 47 heavy (non-hydrogen) atoms. The van der Waals surface area contributed by atoms with E-state index in [2.05, 4.69) is 144 Å². The molecule has 1 aromatic heterocycles. The lowest BCUT2D eigenvalue weighted by molar-refractivity contribution is 0.657. The van der Waals surface area contributed by atoms with Crippen LogP contribution in [0.5, 0.6) is 0 Å². The van der Waals surface area contributed by atoms with Gasteiger partial charge in [0.05, 0.1) is 21.9 Å². The van der Waals surface area contributed by atoms with Crippen LogP contribution in [0.1, 0.15) is 22.3 Å². The lowest BCUT2D eigenvalue weighted by atomic mass is 9.70. The maximum Gasteiger partial charge on any atom is 0.200 e. The van der Waals surface area contributed by atoms with Crippen LogP contribution in [0.25, 0.3) is 44.2 Å². The van der Waals surface area contributed by atoms with Crippen molar-refractivity contribution in [2.75, 3.05) is 4.90 Å². The zero-order valence-corrected chi connectivity index (χ0v) is 25.4. The van der Waals surface area contributed by atoms with Gasteiger partial charge in [-0.05, 0) is 93.5 Å². The molecule has 2 aliphatic carbocycles. The normalized spacial score (nSPS) is 15.4. The van der Waals surface area contributed by atoms with Crippen molar-refractivity contribution < 1.29 is 4.42 Å². The predicted molar refractivity (Wildman–Crippen MR) is 191 cm³/mol. The lowest BCUT2D eigenvalue weighted by Crippen LogP contribution is -2.26. The van der Waals surface area contributed by atoms with Gasteiger partial charge in [0.15, 0.2) is 0 Å². The highest BCUT2D eigenvalue weighted by Crippen LogP contribution is 2.65. The van der Waals surface area contributed by atoms with Crippen LogP contribution < -0.4 is 10.3 Å². The molecule has 1 heterocycles. The van der Waals surface area contributed by atoms with E-state index in [0.717, 1.165) is 33.8 Å². The number of anilines is 3. The van der Waals surface area contributed by atoms with E-state index in [9.17, 15) is 4.79 Å². The first-order chi connectivity index (χ1) is 23.2. The summed E-state index contributed by atoms with van der Waals surface area (Å²) in [4.78, 5) is 16.2. The van der Waals surface area contributed by atoms with Gasteiger partial charge in [-0.25, -0.2) is 0 Å². The smallest absolute Gasteiger partial charge is 0.200 e. The Bertz CT molecular complexity index is 2560. The van der Waals surface area contributed by atoms with Gasteiger partial charge in [-0.15, -0.1) is 0 Å². The van der Waals surface area contributed by atoms with Crippen LogP contribution in [0, 0.1) is 0 Å². The molecule has 10 rings (SSSR count). The fourth-order valence-corrected chi connectivity index (χ4v) is 8.23. The van der Waals surface area contributed by atoms with Crippen molar-refractivity contribution in [3.05, 3.63) is 196 Å². The Hall–Kier alpha value is -6.19. The molecule has 0 saturated heterocycles. The molecule has 1 unspecified atom stereocenters. The third-order valence-corrected chi connectivity index (χ3v) is 10.1. The second-order valence-electron chi connectivity index (χ2n) is 12.4. The average molecular weight is 602 g/mol. The number of para-hydroxylation sites is 3.